The van der Waals surface area contributed by atoms with Crippen molar-refractivity contribution < 1.29 is 19.1 Å². The standard InChI is InChI=1S/C28H24N3O4/c1-14-5-8-19-23(26(14)32)22-18-13-29-12-17(18)21-16-7-6-15-11-20(16)31(27(33)34-3)25(21)24(22)30(19)10-4-9-28(31,2)35-15/h4,6-9,12-15H,5,10-11H2,1-3H3/q+1/b9-4-/t14?,15-,28+,31?/m0/s1. The summed E-state index contributed by atoms with van der Waals surface area (Å²) >= 11 is 0. The zero-order valence-electron chi connectivity index (χ0n) is 19.8. The molecular formula is C28H24N3O4+. The van der Waals surface area contributed by atoms with Gasteiger partial charge in [0.25, 0.3) is 0 Å². The molecule has 5 heterocycles. The molecule has 6 aliphatic rings. The number of hydrogen-bond acceptors (Lipinski definition) is 5. The smallest absolute Gasteiger partial charge is 0.423 e. The number of fused-ring (bicyclic) bond motifs is 8. The van der Waals surface area contributed by atoms with Gasteiger partial charge in [0.05, 0.1) is 30.8 Å². The minimum absolute atomic E-state index is 0.0872. The van der Waals surface area contributed by atoms with Gasteiger partial charge < -0.3 is 14.0 Å². The van der Waals surface area contributed by atoms with Crippen LogP contribution in [0.4, 0.5) is 10.5 Å². The summed E-state index contributed by atoms with van der Waals surface area (Å²) in [7, 11) is 1.44. The molecule has 0 saturated carbocycles. The third-order valence-electron chi connectivity index (χ3n) is 8.77. The lowest BCUT2D eigenvalue weighted by Gasteiger charge is -2.50. The minimum atomic E-state index is -0.996. The van der Waals surface area contributed by atoms with Crippen molar-refractivity contribution in [3.05, 3.63) is 57.3 Å². The summed E-state index contributed by atoms with van der Waals surface area (Å²) in [6.45, 7) is 4.55. The van der Waals surface area contributed by atoms with Crippen LogP contribution in [0.5, 0.6) is 0 Å². The molecule has 7 heteroatoms. The third kappa shape index (κ3) is 1.91. The van der Waals surface area contributed by atoms with Crippen LogP contribution in [0, 0.1) is 5.92 Å². The van der Waals surface area contributed by atoms with Crippen molar-refractivity contribution in [1.29, 1.82) is 0 Å². The van der Waals surface area contributed by atoms with Crippen LogP contribution in [-0.2, 0) is 16.0 Å². The van der Waals surface area contributed by atoms with Crippen molar-refractivity contribution in [3.8, 4) is 0 Å². The summed E-state index contributed by atoms with van der Waals surface area (Å²) in [6.07, 6.45) is 15.0. The summed E-state index contributed by atoms with van der Waals surface area (Å²) in [6, 6.07) is 0. The van der Waals surface area contributed by atoms with E-state index in [2.05, 4.69) is 33.9 Å². The Kier molecular flexibility index (Phi) is 3.37. The van der Waals surface area contributed by atoms with Gasteiger partial charge in [0.1, 0.15) is 11.2 Å². The first-order valence-electron chi connectivity index (χ1n) is 12.2. The number of ketones is 1. The zero-order chi connectivity index (χ0) is 23.9. The number of benzene rings is 1. The maximum atomic E-state index is 14.1. The molecule has 2 bridgehead atoms. The summed E-state index contributed by atoms with van der Waals surface area (Å²) in [5, 5.41) is 2.79. The van der Waals surface area contributed by atoms with Gasteiger partial charge >= 0.3 is 6.09 Å². The number of hydrogen-bond donors (Lipinski definition) is 0. The average Bonchev–Trinajstić information content (AvgIpc) is 3.52. The lowest BCUT2D eigenvalue weighted by Crippen LogP contribution is -2.70. The fourth-order valence-corrected chi connectivity index (χ4v) is 7.36. The van der Waals surface area contributed by atoms with Crippen LogP contribution in [0.2, 0.25) is 0 Å². The van der Waals surface area contributed by atoms with Gasteiger partial charge in [-0.25, -0.2) is 0 Å². The average molecular weight is 467 g/mol. The molecule has 1 aromatic heterocycles. The summed E-state index contributed by atoms with van der Waals surface area (Å²) in [4.78, 5) is 32.3. The fourth-order valence-electron chi connectivity index (χ4n) is 7.36. The van der Waals surface area contributed by atoms with E-state index in [1.807, 2.05) is 32.3 Å². The highest BCUT2D eigenvalue weighted by molar-refractivity contribution is 6.21. The van der Waals surface area contributed by atoms with Crippen LogP contribution in [0.3, 0.4) is 0 Å². The molecule has 1 saturated heterocycles. The maximum absolute atomic E-state index is 14.1. The van der Waals surface area contributed by atoms with E-state index in [0.29, 0.717) is 19.4 Å². The Hall–Kier alpha value is -3.55. The molecule has 1 amide bonds. The van der Waals surface area contributed by atoms with Gasteiger partial charge in [0, 0.05) is 65.0 Å². The first-order valence-corrected chi connectivity index (χ1v) is 12.2. The zero-order valence-corrected chi connectivity index (χ0v) is 19.8. The van der Waals surface area contributed by atoms with Crippen molar-refractivity contribution in [2.24, 2.45) is 10.9 Å². The largest absolute Gasteiger partial charge is 0.528 e. The van der Waals surface area contributed by atoms with Gasteiger partial charge in [-0.1, -0.05) is 25.2 Å². The second-order valence-electron chi connectivity index (χ2n) is 10.4. The van der Waals surface area contributed by atoms with Gasteiger partial charge in [0.15, 0.2) is 11.5 Å². The number of methoxy groups -OCH3 is 1. The quantitative estimate of drug-likeness (QED) is 0.442. The fraction of sp³-hybridized carbons (Fsp3) is 0.321. The van der Waals surface area contributed by atoms with Crippen molar-refractivity contribution in [2.45, 2.75) is 45.1 Å². The van der Waals surface area contributed by atoms with Gasteiger partial charge in [-0.3, -0.25) is 9.79 Å². The Morgan fingerprint density at radius 2 is 2.20 bits per heavy atom. The number of Topliss-reactive ketones (excluding diaryl/α,β-unsaturated/α-hetero) is 1. The summed E-state index contributed by atoms with van der Waals surface area (Å²) in [5.74, 6) is 0.0608. The molecule has 8 rings (SSSR count). The van der Waals surface area contributed by atoms with Crippen LogP contribution < -0.4 is 15.1 Å². The molecule has 0 radical (unpaired) electrons. The third-order valence-corrected chi connectivity index (χ3v) is 8.77. The second-order valence-corrected chi connectivity index (χ2v) is 10.4. The highest BCUT2D eigenvalue weighted by Crippen LogP contribution is 2.60. The number of rotatable bonds is 0. The molecule has 2 aliphatic carbocycles. The number of carbonyl (C=O) groups excluding carboxylic acids is 2. The SMILES string of the molecule is COC(=O)[N+]12C3=C4C=C[C@@H](C3)O[C@]1(C)/C=C\Cn1c3c(c5c6c(c4c2c51)C=NC=6)C(=O)C(C)CC=3. The Bertz CT molecular complexity index is 1720. The van der Waals surface area contributed by atoms with E-state index in [-0.39, 0.29) is 28.4 Å². The molecular weight excluding hydrogens is 442 g/mol. The molecule has 35 heavy (non-hydrogen) atoms. The molecule has 0 spiro atoms. The predicted molar refractivity (Wildman–Crippen MR) is 133 cm³/mol. The first-order chi connectivity index (χ1) is 16.9. The Morgan fingerprint density at radius 1 is 1.34 bits per heavy atom. The number of amides is 1. The van der Waals surface area contributed by atoms with E-state index >= 15 is 0 Å². The van der Waals surface area contributed by atoms with Crippen LogP contribution in [-0.4, -0.2) is 41.6 Å². The van der Waals surface area contributed by atoms with E-state index in [1.54, 1.807) is 0 Å². The van der Waals surface area contributed by atoms with Crippen LogP contribution in [0.15, 0.2) is 35.0 Å². The van der Waals surface area contributed by atoms with Crippen LogP contribution >= 0.6 is 0 Å². The van der Waals surface area contributed by atoms with Crippen LogP contribution in [0.1, 0.15) is 48.2 Å². The molecule has 1 fully saturated rings. The van der Waals surface area contributed by atoms with E-state index < -0.39 is 5.72 Å². The Labute approximate surface area is 201 Å². The Balaban J connectivity index is 1.70. The number of aromatic nitrogens is 1. The monoisotopic (exact) mass is 466 g/mol. The van der Waals surface area contributed by atoms with Crippen molar-refractivity contribution in [2.75, 3.05) is 7.11 Å². The number of nitrogens with zero attached hydrogens (tertiary/aromatic N) is 3. The van der Waals surface area contributed by atoms with Gasteiger partial charge in [-0.15, -0.1) is 4.48 Å². The molecule has 2 aromatic rings. The molecule has 7 nitrogen and oxygen atoms in total. The van der Waals surface area contributed by atoms with Crippen molar-refractivity contribution in [1.82, 2.24) is 9.05 Å². The van der Waals surface area contributed by atoms with Crippen molar-refractivity contribution in [3.63, 3.8) is 0 Å². The predicted octanol–water partition coefficient (Wildman–Crippen LogP) is 3.26. The molecule has 1 aromatic carbocycles. The number of carbonyl (C=O) groups is 2. The number of ether oxygens (including phenoxy) is 2. The Morgan fingerprint density at radius 3 is 3.03 bits per heavy atom. The van der Waals surface area contributed by atoms with E-state index in [4.69, 9.17) is 9.47 Å². The van der Waals surface area contributed by atoms with Gasteiger partial charge in [-0.05, 0) is 12.5 Å². The van der Waals surface area contributed by atoms with Gasteiger partial charge in [-0.2, -0.15) is 4.79 Å². The number of allylic oxidation sites excluding steroid dienone is 3. The topological polar surface area (TPSA) is 69.9 Å². The van der Waals surface area contributed by atoms with E-state index in [9.17, 15) is 9.59 Å². The normalized spacial score (nSPS) is 33.3. The highest BCUT2D eigenvalue weighted by atomic mass is 16.6. The van der Waals surface area contributed by atoms with E-state index in [1.165, 1.54) is 7.11 Å². The maximum Gasteiger partial charge on any atom is 0.528 e. The summed E-state index contributed by atoms with van der Waals surface area (Å²) in [5.41, 5.74) is 5.51. The van der Waals surface area contributed by atoms with Gasteiger partial charge in [0.2, 0.25) is 5.72 Å². The van der Waals surface area contributed by atoms with E-state index in [0.717, 1.165) is 55.1 Å². The molecule has 4 aliphatic heterocycles. The molecule has 2 unspecified atom stereocenters. The molecule has 174 valence electrons. The minimum Gasteiger partial charge on any atom is -0.423 e. The lowest BCUT2D eigenvalue weighted by molar-refractivity contribution is -0.128. The molecule has 4 atom stereocenters. The van der Waals surface area contributed by atoms with Crippen LogP contribution in [0.25, 0.3) is 28.8 Å². The molecule has 0 N–H and O–H groups in total. The first kappa shape index (κ1) is 19.7. The van der Waals surface area contributed by atoms with Crippen molar-refractivity contribution >= 4 is 52.5 Å². The highest BCUT2D eigenvalue weighted by Gasteiger charge is 2.69. The summed E-state index contributed by atoms with van der Waals surface area (Å²) < 4.78 is 14.3. The second kappa shape index (κ2) is 5.98. The number of aliphatic imine (C=N–C) groups is 1. The number of quaternary nitrogens is 1. The lowest BCUT2D eigenvalue weighted by atomic mass is 9.88.